The second kappa shape index (κ2) is 7.22. The van der Waals surface area contributed by atoms with Crippen molar-refractivity contribution in [3.63, 3.8) is 0 Å². The highest BCUT2D eigenvalue weighted by Gasteiger charge is 2.19. The number of carbonyl (C=O) groups excluding carboxylic acids is 1. The smallest absolute Gasteiger partial charge is 0.225 e. The predicted octanol–water partition coefficient (Wildman–Crippen LogP) is 2.99. The van der Waals surface area contributed by atoms with Crippen molar-refractivity contribution in [3.05, 3.63) is 71.6 Å². The van der Waals surface area contributed by atoms with Gasteiger partial charge in [-0.2, -0.15) is 5.10 Å². The molecule has 0 radical (unpaired) electrons. The van der Waals surface area contributed by atoms with E-state index in [4.69, 9.17) is 0 Å². The number of aromatic amines is 1. The molecule has 0 spiro atoms. The summed E-state index contributed by atoms with van der Waals surface area (Å²) in [5.74, 6) is 0.185. The van der Waals surface area contributed by atoms with Crippen LogP contribution in [0, 0.1) is 12.7 Å². The largest absolute Gasteiger partial charge is 0.346 e. The van der Waals surface area contributed by atoms with Gasteiger partial charge in [0.25, 0.3) is 0 Å². The van der Waals surface area contributed by atoms with Gasteiger partial charge in [-0.1, -0.05) is 6.07 Å². The number of aromatic nitrogens is 5. The summed E-state index contributed by atoms with van der Waals surface area (Å²) in [4.78, 5) is 12.7. The molecular formula is C20H19FN6O. The molecule has 0 saturated carbocycles. The Hall–Kier alpha value is -3.55. The van der Waals surface area contributed by atoms with Gasteiger partial charge in [0, 0.05) is 23.0 Å². The molecule has 0 aliphatic heterocycles. The van der Waals surface area contributed by atoms with Gasteiger partial charge in [0.05, 0.1) is 18.2 Å². The summed E-state index contributed by atoms with van der Waals surface area (Å²) in [5.41, 5.74) is 3.71. The summed E-state index contributed by atoms with van der Waals surface area (Å²) >= 11 is 0. The van der Waals surface area contributed by atoms with E-state index in [0.717, 1.165) is 22.5 Å². The topological polar surface area (TPSA) is 88.0 Å². The Kier molecular flexibility index (Phi) is 4.60. The quantitative estimate of drug-likeness (QED) is 0.559. The van der Waals surface area contributed by atoms with Crippen LogP contribution in [-0.2, 0) is 11.2 Å². The van der Waals surface area contributed by atoms with Crippen molar-refractivity contribution in [2.24, 2.45) is 0 Å². The van der Waals surface area contributed by atoms with E-state index < -0.39 is 0 Å². The minimum absolute atomic E-state index is 0.149. The highest BCUT2D eigenvalue weighted by molar-refractivity contribution is 5.82. The zero-order valence-corrected chi connectivity index (χ0v) is 15.5. The van der Waals surface area contributed by atoms with Gasteiger partial charge >= 0.3 is 0 Å². The molecule has 28 heavy (non-hydrogen) atoms. The van der Waals surface area contributed by atoms with Crippen molar-refractivity contribution < 1.29 is 9.18 Å². The molecule has 1 atom stereocenters. The number of H-pyrrole nitrogens is 1. The number of amides is 1. The van der Waals surface area contributed by atoms with Crippen LogP contribution in [0.5, 0.6) is 0 Å². The lowest BCUT2D eigenvalue weighted by Crippen LogP contribution is -2.29. The van der Waals surface area contributed by atoms with Crippen molar-refractivity contribution >= 4 is 11.6 Å². The average Bonchev–Trinajstić information content (AvgIpc) is 3.27. The molecule has 2 N–H and O–H groups in total. The lowest BCUT2D eigenvalue weighted by molar-refractivity contribution is -0.121. The minimum Gasteiger partial charge on any atom is -0.346 e. The number of hydrogen-bond donors (Lipinski definition) is 2. The normalized spacial score (nSPS) is 12.2. The Morgan fingerprint density at radius 3 is 2.79 bits per heavy atom. The molecule has 4 aromatic rings. The molecule has 0 fully saturated rings. The molecule has 7 nitrogen and oxygen atoms in total. The summed E-state index contributed by atoms with van der Waals surface area (Å²) < 4.78 is 15.0. The fourth-order valence-electron chi connectivity index (χ4n) is 3.19. The molecule has 4 rings (SSSR count). The Labute approximate surface area is 160 Å². The van der Waals surface area contributed by atoms with Crippen molar-refractivity contribution in [3.8, 4) is 11.3 Å². The monoisotopic (exact) mass is 378 g/mol. The van der Waals surface area contributed by atoms with Gasteiger partial charge in [0.1, 0.15) is 5.82 Å². The molecular weight excluding hydrogens is 359 g/mol. The molecule has 3 heterocycles. The maximum absolute atomic E-state index is 13.2. The third-order valence-corrected chi connectivity index (χ3v) is 4.63. The van der Waals surface area contributed by atoms with Gasteiger partial charge < -0.3 is 5.32 Å². The standard InChI is InChI=1S/C20H19FN6O/c1-12-16(19(25-23-12)14-6-8-15(21)9-7-14)11-18(28)22-13(2)20-26-24-17-5-3-4-10-27(17)20/h3-10,13H,11H2,1-2H3,(H,22,28)(H,23,25)/t13-/m1/s1. The van der Waals surface area contributed by atoms with Crippen LogP contribution in [0.25, 0.3) is 16.9 Å². The predicted molar refractivity (Wildman–Crippen MR) is 102 cm³/mol. The van der Waals surface area contributed by atoms with Crippen molar-refractivity contribution in [2.75, 3.05) is 0 Å². The molecule has 0 bridgehead atoms. The van der Waals surface area contributed by atoms with Crippen LogP contribution in [0.15, 0.2) is 48.7 Å². The number of benzene rings is 1. The van der Waals surface area contributed by atoms with Crippen LogP contribution in [0.4, 0.5) is 4.39 Å². The van der Waals surface area contributed by atoms with Crippen LogP contribution in [0.1, 0.15) is 30.0 Å². The van der Waals surface area contributed by atoms with Crippen LogP contribution in [0.2, 0.25) is 0 Å². The molecule has 8 heteroatoms. The first kappa shape index (κ1) is 17.8. The van der Waals surface area contributed by atoms with Crippen LogP contribution >= 0.6 is 0 Å². The average molecular weight is 378 g/mol. The van der Waals surface area contributed by atoms with Gasteiger partial charge in [0.2, 0.25) is 5.91 Å². The van der Waals surface area contributed by atoms with E-state index in [9.17, 15) is 9.18 Å². The molecule has 0 aliphatic carbocycles. The Morgan fingerprint density at radius 2 is 2.00 bits per heavy atom. The zero-order valence-electron chi connectivity index (χ0n) is 15.5. The fraction of sp³-hybridized carbons (Fsp3) is 0.200. The maximum Gasteiger partial charge on any atom is 0.225 e. The lowest BCUT2D eigenvalue weighted by Gasteiger charge is -2.13. The number of nitrogens with one attached hydrogen (secondary N) is 2. The van der Waals surface area contributed by atoms with E-state index in [-0.39, 0.29) is 24.2 Å². The fourth-order valence-corrected chi connectivity index (χ4v) is 3.19. The van der Waals surface area contributed by atoms with Crippen molar-refractivity contribution in [1.82, 2.24) is 30.1 Å². The number of halogens is 1. The van der Waals surface area contributed by atoms with Crippen molar-refractivity contribution in [1.29, 1.82) is 0 Å². The number of aryl methyl sites for hydroxylation is 1. The Balaban J connectivity index is 1.53. The second-order valence-corrected chi connectivity index (χ2v) is 6.64. The second-order valence-electron chi connectivity index (χ2n) is 6.64. The summed E-state index contributed by atoms with van der Waals surface area (Å²) in [6, 6.07) is 11.4. The van der Waals surface area contributed by atoms with Gasteiger partial charge in [-0.05, 0) is 50.2 Å². The van der Waals surface area contributed by atoms with E-state index >= 15 is 0 Å². The van der Waals surface area contributed by atoms with E-state index in [2.05, 4.69) is 25.7 Å². The summed E-state index contributed by atoms with van der Waals surface area (Å²) in [6.07, 6.45) is 2.01. The summed E-state index contributed by atoms with van der Waals surface area (Å²) in [6.45, 7) is 3.72. The van der Waals surface area contributed by atoms with Gasteiger partial charge in [-0.15, -0.1) is 10.2 Å². The van der Waals surface area contributed by atoms with E-state index in [1.165, 1.54) is 12.1 Å². The van der Waals surface area contributed by atoms with Gasteiger partial charge in [-0.25, -0.2) is 4.39 Å². The highest BCUT2D eigenvalue weighted by atomic mass is 19.1. The first-order chi connectivity index (χ1) is 13.5. The summed E-state index contributed by atoms with van der Waals surface area (Å²) in [7, 11) is 0. The van der Waals surface area contributed by atoms with Crippen LogP contribution in [0.3, 0.4) is 0 Å². The lowest BCUT2D eigenvalue weighted by atomic mass is 10.0. The number of carbonyl (C=O) groups is 1. The van der Waals surface area contributed by atoms with Gasteiger partial charge in [0.15, 0.2) is 11.5 Å². The van der Waals surface area contributed by atoms with E-state index in [1.54, 1.807) is 12.1 Å². The third-order valence-electron chi connectivity index (χ3n) is 4.63. The molecule has 0 saturated heterocycles. The molecule has 0 aliphatic rings. The molecule has 1 aromatic carbocycles. The van der Waals surface area contributed by atoms with E-state index in [0.29, 0.717) is 11.5 Å². The summed E-state index contributed by atoms with van der Waals surface area (Å²) in [5, 5.41) is 18.5. The van der Waals surface area contributed by atoms with Crippen molar-refractivity contribution in [2.45, 2.75) is 26.3 Å². The highest BCUT2D eigenvalue weighted by Crippen LogP contribution is 2.24. The molecule has 3 aromatic heterocycles. The number of fused-ring (bicyclic) bond motifs is 1. The minimum atomic E-state index is -0.315. The van der Waals surface area contributed by atoms with E-state index in [1.807, 2.05) is 42.6 Å². The molecule has 1 amide bonds. The maximum atomic E-state index is 13.2. The SMILES string of the molecule is Cc1[nH]nc(-c2ccc(F)cc2)c1CC(=O)N[C@H](C)c1nnc2ccccn12. The Morgan fingerprint density at radius 1 is 1.21 bits per heavy atom. The molecule has 0 unspecified atom stereocenters. The Bertz CT molecular complexity index is 1130. The third kappa shape index (κ3) is 3.36. The van der Waals surface area contributed by atoms with Crippen LogP contribution in [-0.4, -0.2) is 30.7 Å². The van der Waals surface area contributed by atoms with Gasteiger partial charge in [-0.3, -0.25) is 14.3 Å². The first-order valence-corrected chi connectivity index (χ1v) is 8.91. The number of rotatable bonds is 5. The molecule has 142 valence electrons. The zero-order chi connectivity index (χ0) is 19.7. The first-order valence-electron chi connectivity index (χ1n) is 8.91. The number of pyridine rings is 1. The number of nitrogens with zero attached hydrogens (tertiary/aromatic N) is 4. The number of hydrogen-bond acceptors (Lipinski definition) is 4. The van der Waals surface area contributed by atoms with Crippen LogP contribution < -0.4 is 5.32 Å².